The zero-order chi connectivity index (χ0) is 10.7. The molecule has 0 bridgehead atoms. The van der Waals surface area contributed by atoms with Crippen LogP contribution in [0.3, 0.4) is 0 Å². The molecular weight excluding hydrogens is 212 g/mol. The first-order chi connectivity index (χ1) is 7.25. The fourth-order valence-electron chi connectivity index (χ4n) is 1.61. The van der Waals surface area contributed by atoms with Crippen LogP contribution in [0.25, 0.3) is 0 Å². The van der Waals surface area contributed by atoms with Crippen LogP contribution in [-0.2, 0) is 6.54 Å². The van der Waals surface area contributed by atoms with E-state index in [1.165, 1.54) is 12.8 Å². The van der Waals surface area contributed by atoms with Gasteiger partial charge in [-0.15, -0.1) is 0 Å². The lowest BCUT2D eigenvalue weighted by atomic mass is 10.4. The van der Waals surface area contributed by atoms with E-state index in [1.807, 2.05) is 6.07 Å². The molecule has 1 aromatic rings. The molecule has 15 heavy (non-hydrogen) atoms. The first-order valence-corrected chi connectivity index (χ1v) is 5.78. The maximum atomic E-state index is 5.67. The van der Waals surface area contributed by atoms with Crippen molar-refractivity contribution >= 4 is 11.6 Å². The average molecular weight is 229 g/mol. The van der Waals surface area contributed by atoms with E-state index in [0.29, 0.717) is 5.22 Å². The molecule has 0 unspecified atom stereocenters. The van der Waals surface area contributed by atoms with Crippen LogP contribution in [0, 0.1) is 0 Å². The average Bonchev–Trinajstić information content (AvgIpc) is 2.98. The summed E-state index contributed by atoms with van der Waals surface area (Å²) in [6, 6.07) is 4.51. The third-order valence-electron chi connectivity index (χ3n) is 2.74. The Bertz CT molecular complexity index is 309. The molecule has 1 heterocycles. The Hall–Kier alpha value is -0.510. The van der Waals surface area contributed by atoms with Gasteiger partial charge in [0, 0.05) is 19.1 Å². The smallest absolute Gasteiger partial charge is 0.193 e. The molecule has 0 atom stereocenters. The van der Waals surface area contributed by atoms with Crippen molar-refractivity contribution in [3.05, 3.63) is 23.1 Å². The van der Waals surface area contributed by atoms with Gasteiger partial charge in [-0.25, -0.2) is 0 Å². The Balaban J connectivity index is 1.58. The van der Waals surface area contributed by atoms with Crippen molar-refractivity contribution < 1.29 is 4.42 Å². The van der Waals surface area contributed by atoms with Gasteiger partial charge in [0.25, 0.3) is 0 Å². The predicted molar refractivity (Wildman–Crippen MR) is 61.1 cm³/mol. The monoisotopic (exact) mass is 228 g/mol. The molecule has 0 radical (unpaired) electrons. The molecule has 1 N–H and O–H groups in total. The van der Waals surface area contributed by atoms with E-state index in [-0.39, 0.29) is 0 Å². The minimum atomic E-state index is 0.460. The lowest BCUT2D eigenvalue weighted by Gasteiger charge is -2.15. The summed E-state index contributed by atoms with van der Waals surface area (Å²) in [6.07, 6.45) is 2.73. The molecule has 4 heteroatoms. The normalized spacial score (nSPS) is 16.2. The molecule has 0 aliphatic heterocycles. The van der Waals surface area contributed by atoms with E-state index in [0.717, 1.165) is 31.4 Å². The maximum Gasteiger partial charge on any atom is 0.193 e. The number of likely N-dealkylation sites (N-methyl/N-ethyl adjacent to an activating group) is 1. The number of nitrogens with zero attached hydrogens (tertiary/aromatic N) is 1. The second-order valence-electron chi connectivity index (χ2n) is 4.09. The number of rotatable bonds is 6. The highest BCUT2D eigenvalue weighted by atomic mass is 35.5. The van der Waals surface area contributed by atoms with Gasteiger partial charge < -0.3 is 14.6 Å². The summed E-state index contributed by atoms with van der Waals surface area (Å²) in [4.78, 5) is 2.40. The van der Waals surface area contributed by atoms with E-state index in [9.17, 15) is 0 Å². The maximum absolute atomic E-state index is 5.67. The van der Waals surface area contributed by atoms with Crippen molar-refractivity contribution in [1.29, 1.82) is 0 Å². The summed E-state index contributed by atoms with van der Waals surface area (Å²) in [7, 11) is 2.18. The number of furan rings is 1. The fourth-order valence-corrected chi connectivity index (χ4v) is 1.77. The zero-order valence-corrected chi connectivity index (χ0v) is 9.76. The van der Waals surface area contributed by atoms with Gasteiger partial charge in [-0.05, 0) is 43.6 Å². The molecule has 0 saturated heterocycles. The lowest BCUT2D eigenvalue weighted by Crippen LogP contribution is -2.30. The van der Waals surface area contributed by atoms with Crippen molar-refractivity contribution in [2.45, 2.75) is 25.4 Å². The summed E-state index contributed by atoms with van der Waals surface area (Å²) < 4.78 is 5.24. The summed E-state index contributed by atoms with van der Waals surface area (Å²) >= 11 is 5.67. The Kier molecular flexibility index (Phi) is 3.67. The highest BCUT2D eigenvalue weighted by molar-refractivity contribution is 6.28. The van der Waals surface area contributed by atoms with Crippen molar-refractivity contribution in [2.24, 2.45) is 0 Å². The minimum absolute atomic E-state index is 0.460. The summed E-state index contributed by atoms with van der Waals surface area (Å²) in [5.74, 6) is 0.897. The van der Waals surface area contributed by atoms with Crippen LogP contribution in [-0.4, -0.2) is 31.1 Å². The third-order valence-corrected chi connectivity index (χ3v) is 2.94. The molecule has 1 aliphatic carbocycles. The lowest BCUT2D eigenvalue weighted by molar-refractivity contribution is 0.319. The van der Waals surface area contributed by atoms with Crippen LogP contribution in [0.1, 0.15) is 18.6 Å². The topological polar surface area (TPSA) is 28.4 Å². The summed E-state index contributed by atoms with van der Waals surface area (Å²) in [6.45, 7) is 2.84. The van der Waals surface area contributed by atoms with E-state index in [1.54, 1.807) is 6.07 Å². The van der Waals surface area contributed by atoms with Gasteiger partial charge in [0.2, 0.25) is 0 Å². The highest BCUT2D eigenvalue weighted by Crippen LogP contribution is 2.24. The van der Waals surface area contributed by atoms with Crippen LogP contribution < -0.4 is 5.32 Å². The number of halogens is 1. The van der Waals surface area contributed by atoms with Gasteiger partial charge in [-0.2, -0.15) is 0 Å². The molecule has 1 aromatic heterocycles. The van der Waals surface area contributed by atoms with Crippen molar-refractivity contribution in [2.75, 3.05) is 20.1 Å². The van der Waals surface area contributed by atoms with E-state index in [4.69, 9.17) is 16.0 Å². The van der Waals surface area contributed by atoms with Crippen LogP contribution in [0.4, 0.5) is 0 Å². The second-order valence-corrected chi connectivity index (χ2v) is 4.47. The molecule has 1 aliphatic rings. The quantitative estimate of drug-likeness (QED) is 0.757. The minimum Gasteiger partial charge on any atom is -0.448 e. The second kappa shape index (κ2) is 5.01. The largest absolute Gasteiger partial charge is 0.448 e. The standard InChI is InChI=1S/C11H17ClN2O/c1-14(9-2-3-9)7-6-13-8-10-4-5-11(12)15-10/h4-5,9,13H,2-3,6-8H2,1H3. The van der Waals surface area contributed by atoms with Gasteiger partial charge >= 0.3 is 0 Å². The van der Waals surface area contributed by atoms with Gasteiger partial charge in [-0.3, -0.25) is 0 Å². The Morgan fingerprint density at radius 1 is 1.53 bits per heavy atom. The van der Waals surface area contributed by atoms with Crippen LogP contribution in [0.2, 0.25) is 5.22 Å². The van der Waals surface area contributed by atoms with E-state index in [2.05, 4.69) is 17.3 Å². The van der Waals surface area contributed by atoms with Crippen LogP contribution >= 0.6 is 11.6 Å². The molecule has 0 amide bonds. The number of hydrogen-bond donors (Lipinski definition) is 1. The van der Waals surface area contributed by atoms with Gasteiger partial charge in [0.05, 0.1) is 6.54 Å². The van der Waals surface area contributed by atoms with Crippen molar-refractivity contribution in [3.63, 3.8) is 0 Å². The predicted octanol–water partition coefficient (Wildman–Crippen LogP) is 2.12. The van der Waals surface area contributed by atoms with Gasteiger partial charge in [0.1, 0.15) is 5.76 Å². The molecular formula is C11H17ClN2O. The Morgan fingerprint density at radius 2 is 2.33 bits per heavy atom. The number of nitrogens with one attached hydrogen (secondary N) is 1. The van der Waals surface area contributed by atoms with Crippen molar-refractivity contribution in [1.82, 2.24) is 10.2 Å². The molecule has 0 spiro atoms. The fraction of sp³-hybridized carbons (Fsp3) is 0.636. The Labute approximate surface area is 95.4 Å². The number of hydrogen-bond acceptors (Lipinski definition) is 3. The first kappa shape index (κ1) is 11.0. The molecule has 3 nitrogen and oxygen atoms in total. The first-order valence-electron chi connectivity index (χ1n) is 5.41. The van der Waals surface area contributed by atoms with Gasteiger partial charge in [0.15, 0.2) is 5.22 Å². The van der Waals surface area contributed by atoms with Crippen molar-refractivity contribution in [3.8, 4) is 0 Å². The third kappa shape index (κ3) is 3.52. The van der Waals surface area contributed by atoms with Crippen LogP contribution in [0.15, 0.2) is 16.5 Å². The van der Waals surface area contributed by atoms with Crippen LogP contribution in [0.5, 0.6) is 0 Å². The highest BCUT2D eigenvalue weighted by Gasteiger charge is 2.25. The Morgan fingerprint density at radius 3 is 2.93 bits per heavy atom. The molecule has 84 valence electrons. The molecule has 1 saturated carbocycles. The molecule has 1 fully saturated rings. The molecule has 0 aromatic carbocycles. The van der Waals surface area contributed by atoms with Gasteiger partial charge in [-0.1, -0.05) is 0 Å². The SMILES string of the molecule is CN(CCNCc1ccc(Cl)o1)C1CC1. The zero-order valence-electron chi connectivity index (χ0n) is 9.00. The summed E-state index contributed by atoms with van der Waals surface area (Å²) in [5.41, 5.74) is 0. The van der Waals surface area contributed by atoms with E-state index >= 15 is 0 Å². The molecule has 2 rings (SSSR count). The summed E-state index contributed by atoms with van der Waals surface area (Å²) in [5, 5.41) is 3.79. The van der Waals surface area contributed by atoms with E-state index < -0.39 is 0 Å².